The number of rotatable bonds is 4. The summed E-state index contributed by atoms with van der Waals surface area (Å²) in [5, 5.41) is 6.49. The van der Waals surface area contributed by atoms with E-state index >= 15 is 0 Å². The molecule has 1 amide bonds. The molecule has 2 N–H and O–H groups in total. The van der Waals surface area contributed by atoms with Gasteiger partial charge >= 0.3 is 0 Å². The summed E-state index contributed by atoms with van der Waals surface area (Å²) in [6.45, 7) is 4.53. The van der Waals surface area contributed by atoms with Crippen molar-refractivity contribution in [2.24, 2.45) is 0 Å². The highest BCUT2D eigenvalue weighted by Gasteiger charge is 2.31. The van der Waals surface area contributed by atoms with Crippen LogP contribution in [0.15, 0.2) is 24.3 Å². The molecule has 0 spiro atoms. The summed E-state index contributed by atoms with van der Waals surface area (Å²) in [7, 11) is 0. The quantitative estimate of drug-likeness (QED) is 0.869. The number of amides is 1. The van der Waals surface area contributed by atoms with Crippen LogP contribution in [0.1, 0.15) is 25.3 Å². The first-order valence-corrected chi connectivity index (χ1v) is 7.55. The Labute approximate surface area is 120 Å². The van der Waals surface area contributed by atoms with Gasteiger partial charge in [-0.3, -0.25) is 4.79 Å². The van der Waals surface area contributed by atoms with Gasteiger partial charge in [0.2, 0.25) is 5.91 Å². The van der Waals surface area contributed by atoms with E-state index in [1.165, 1.54) is 24.1 Å². The van der Waals surface area contributed by atoms with Crippen molar-refractivity contribution >= 4 is 11.6 Å². The molecule has 0 aliphatic carbocycles. The van der Waals surface area contributed by atoms with E-state index in [9.17, 15) is 4.79 Å². The fourth-order valence-corrected chi connectivity index (χ4v) is 3.26. The number of hydrogen-bond donors (Lipinski definition) is 2. The smallest absolute Gasteiger partial charge is 0.216 e. The van der Waals surface area contributed by atoms with Gasteiger partial charge in [0, 0.05) is 44.3 Å². The van der Waals surface area contributed by atoms with Crippen LogP contribution in [0.2, 0.25) is 0 Å². The Morgan fingerprint density at radius 1 is 1.25 bits per heavy atom. The standard InChI is InChI=1S/C16H23N3O/c1-12(20)17-9-8-13-2-6-16(7-3-13)19-10-14-4-5-15(11-19)18-14/h2-3,6-7,14-15,18H,4-5,8-11H2,1H3,(H,17,20). The molecule has 0 radical (unpaired) electrons. The van der Waals surface area contributed by atoms with Crippen LogP contribution in [0, 0.1) is 0 Å². The predicted octanol–water partition coefficient (Wildman–Crippen LogP) is 1.31. The fraction of sp³-hybridized carbons (Fsp3) is 0.562. The predicted molar refractivity (Wildman–Crippen MR) is 81.0 cm³/mol. The number of carbonyl (C=O) groups is 1. The molecular weight excluding hydrogens is 250 g/mol. The Morgan fingerprint density at radius 2 is 1.90 bits per heavy atom. The SMILES string of the molecule is CC(=O)NCCc1ccc(N2CC3CCC(C2)N3)cc1. The Kier molecular flexibility index (Phi) is 3.92. The Morgan fingerprint density at radius 3 is 2.50 bits per heavy atom. The summed E-state index contributed by atoms with van der Waals surface area (Å²) >= 11 is 0. The highest BCUT2D eigenvalue weighted by Crippen LogP contribution is 2.25. The minimum absolute atomic E-state index is 0.0397. The average molecular weight is 273 g/mol. The van der Waals surface area contributed by atoms with E-state index in [4.69, 9.17) is 0 Å². The van der Waals surface area contributed by atoms with E-state index in [1.54, 1.807) is 6.92 Å². The Hall–Kier alpha value is -1.55. The third kappa shape index (κ3) is 3.12. The van der Waals surface area contributed by atoms with Gasteiger partial charge in [-0.2, -0.15) is 0 Å². The molecule has 3 rings (SSSR count). The lowest BCUT2D eigenvalue weighted by Gasteiger charge is -2.34. The minimum Gasteiger partial charge on any atom is -0.368 e. The van der Waals surface area contributed by atoms with Gasteiger partial charge in [-0.15, -0.1) is 0 Å². The summed E-state index contributed by atoms with van der Waals surface area (Å²) in [6, 6.07) is 10.1. The molecule has 4 heteroatoms. The van der Waals surface area contributed by atoms with Gasteiger partial charge in [-0.05, 0) is 37.0 Å². The second kappa shape index (κ2) is 5.83. The number of nitrogens with zero attached hydrogens (tertiary/aromatic N) is 1. The molecule has 2 bridgehead atoms. The molecule has 2 unspecified atom stereocenters. The summed E-state index contributed by atoms with van der Waals surface area (Å²) in [4.78, 5) is 13.3. The van der Waals surface area contributed by atoms with Crippen molar-refractivity contribution in [1.82, 2.24) is 10.6 Å². The number of hydrogen-bond acceptors (Lipinski definition) is 3. The van der Waals surface area contributed by atoms with Crippen molar-refractivity contribution in [2.45, 2.75) is 38.3 Å². The van der Waals surface area contributed by atoms with Crippen LogP contribution >= 0.6 is 0 Å². The topological polar surface area (TPSA) is 44.4 Å². The summed E-state index contributed by atoms with van der Waals surface area (Å²) in [5.41, 5.74) is 2.60. The van der Waals surface area contributed by atoms with Gasteiger partial charge in [0.15, 0.2) is 0 Å². The molecule has 1 aromatic carbocycles. The highest BCUT2D eigenvalue weighted by atomic mass is 16.1. The number of carbonyl (C=O) groups excluding carboxylic acids is 1. The van der Waals surface area contributed by atoms with Gasteiger partial charge in [0.1, 0.15) is 0 Å². The van der Waals surface area contributed by atoms with E-state index in [0.29, 0.717) is 18.6 Å². The average Bonchev–Trinajstić information content (AvgIpc) is 2.78. The number of fused-ring (bicyclic) bond motifs is 2. The molecule has 4 nitrogen and oxygen atoms in total. The molecule has 108 valence electrons. The van der Waals surface area contributed by atoms with E-state index in [1.807, 2.05) is 0 Å². The third-order valence-electron chi connectivity index (χ3n) is 4.31. The first kappa shape index (κ1) is 13.4. The molecular formula is C16H23N3O. The van der Waals surface area contributed by atoms with Gasteiger partial charge in [0.25, 0.3) is 0 Å². The second-order valence-corrected chi connectivity index (χ2v) is 5.94. The molecule has 0 aromatic heterocycles. The fourth-order valence-electron chi connectivity index (χ4n) is 3.26. The summed E-state index contributed by atoms with van der Waals surface area (Å²) in [6.07, 6.45) is 3.53. The van der Waals surface area contributed by atoms with E-state index in [0.717, 1.165) is 19.5 Å². The zero-order chi connectivity index (χ0) is 13.9. The lowest BCUT2D eigenvalue weighted by molar-refractivity contribution is -0.118. The first-order chi connectivity index (χ1) is 9.70. The molecule has 2 aliphatic rings. The van der Waals surface area contributed by atoms with Crippen molar-refractivity contribution in [3.8, 4) is 0 Å². The number of nitrogens with one attached hydrogen (secondary N) is 2. The largest absolute Gasteiger partial charge is 0.368 e. The number of piperazine rings is 1. The number of anilines is 1. The maximum Gasteiger partial charge on any atom is 0.216 e. The lowest BCUT2D eigenvalue weighted by Crippen LogP contribution is -2.51. The van der Waals surface area contributed by atoms with Crippen LogP contribution < -0.4 is 15.5 Å². The summed E-state index contributed by atoms with van der Waals surface area (Å²) in [5.74, 6) is 0.0397. The lowest BCUT2D eigenvalue weighted by atomic mass is 10.1. The van der Waals surface area contributed by atoms with Crippen LogP contribution in [0.25, 0.3) is 0 Å². The Balaban J connectivity index is 1.57. The van der Waals surface area contributed by atoms with E-state index in [-0.39, 0.29) is 5.91 Å². The van der Waals surface area contributed by atoms with Crippen LogP contribution in [0.4, 0.5) is 5.69 Å². The van der Waals surface area contributed by atoms with Crippen LogP contribution in [-0.4, -0.2) is 37.6 Å². The normalized spacial score (nSPS) is 24.8. The van der Waals surface area contributed by atoms with Gasteiger partial charge in [0.05, 0.1) is 0 Å². The van der Waals surface area contributed by atoms with E-state index < -0.39 is 0 Å². The van der Waals surface area contributed by atoms with Crippen molar-refractivity contribution in [3.63, 3.8) is 0 Å². The second-order valence-electron chi connectivity index (χ2n) is 5.94. The van der Waals surface area contributed by atoms with Gasteiger partial charge in [-0.1, -0.05) is 12.1 Å². The molecule has 1 aromatic rings. The van der Waals surface area contributed by atoms with Crippen molar-refractivity contribution in [3.05, 3.63) is 29.8 Å². The minimum atomic E-state index is 0.0397. The maximum atomic E-state index is 10.8. The Bertz CT molecular complexity index is 459. The molecule has 20 heavy (non-hydrogen) atoms. The highest BCUT2D eigenvalue weighted by molar-refractivity contribution is 5.72. The van der Waals surface area contributed by atoms with Crippen LogP contribution in [-0.2, 0) is 11.2 Å². The molecule has 0 saturated carbocycles. The van der Waals surface area contributed by atoms with Crippen molar-refractivity contribution in [1.29, 1.82) is 0 Å². The van der Waals surface area contributed by atoms with Gasteiger partial charge in [-0.25, -0.2) is 0 Å². The van der Waals surface area contributed by atoms with Crippen LogP contribution in [0.5, 0.6) is 0 Å². The summed E-state index contributed by atoms with van der Waals surface area (Å²) < 4.78 is 0. The molecule has 2 atom stereocenters. The van der Waals surface area contributed by atoms with Crippen molar-refractivity contribution < 1.29 is 4.79 Å². The molecule has 2 heterocycles. The number of benzene rings is 1. The molecule has 2 fully saturated rings. The monoisotopic (exact) mass is 273 g/mol. The third-order valence-corrected chi connectivity index (χ3v) is 4.31. The van der Waals surface area contributed by atoms with Crippen molar-refractivity contribution in [2.75, 3.05) is 24.5 Å². The zero-order valence-electron chi connectivity index (χ0n) is 12.1. The van der Waals surface area contributed by atoms with Crippen LogP contribution in [0.3, 0.4) is 0 Å². The molecule has 2 saturated heterocycles. The first-order valence-electron chi connectivity index (χ1n) is 7.55. The van der Waals surface area contributed by atoms with E-state index in [2.05, 4.69) is 39.8 Å². The zero-order valence-corrected chi connectivity index (χ0v) is 12.1. The van der Waals surface area contributed by atoms with Gasteiger partial charge < -0.3 is 15.5 Å². The maximum absolute atomic E-state index is 10.8. The molecule has 2 aliphatic heterocycles.